The van der Waals surface area contributed by atoms with Gasteiger partial charge in [-0.3, -0.25) is 4.79 Å². The topological polar surface area (TPSA) is 128 Å². The minimum atomic E-state index is -1.22. The fraction of sp³-hybridized carbons (Fsp3) is 0.500. The molecular formula is C18H26N2O6. The highest BCUT2D eigenvalue weighted by Crippen LogP contribution is 2.22. The quantitative estimate of drug-likeness (QED) is 0.629. The number of aliphatic hydroxyl groups excluding tert-OH is 1. The Morgan fingerprint density at radius 3 is 2.35 bits per heavy atom. The molecule has 0 aliphatic rings. The lowest BCUT2D eigenvalue weighted by atomic mass is 9.97. The maximum absolute atomic E-state index is 12.5. The summed E-state index contributed by atoms with van der Waals surface area (Å²) in [7, 11) is 1.15. The smallest absolute Gasteiger partial charge is 0.330 e. The van der Waals surface area contributed by atoms with E-state index < -0.39 is 42.1 Å². The van der Waals surface area contributed by atoms with E-state index in [2.05, 4.69) is 10.1 Å². The first-order valence-corrected chi connectivity index (χ1v) is 8.08. The maximum atomic E-state index is 12.5. The molecule has 0 aromatic heterocycles. The number of methoxy groups -OCH3 is 1. The zero-order valence-electron chi connectivity index (χ0n) is 15.7. The molecule has 8 nitrogen and oxygen atoms in total. The van der Waals surface area contributed by atoms with Crippen molar-refractivity contribution in [1.29, 1.82) is 0 Å². The number of hydrogen-bond donors (Lipinski definition) is 3. The van der Waals surface area contributed by atoms with E-state index in [1.165, 1.54) is 6.07 Å². The predicted octanol–water partition coefficient (Wildman–Crippen LogP) is 0.600. The second-order valence-corrected chi connectivity index (χ2v) is 6.83. The van der Waals surface area contributed by atoms with E-state index >= 15 is 0 Å². The highest BCUT2D eigenvalue weighted by molar-refractivity contribution is 5.99. The van der Waals surface area contributed by atoms with E-state index in [4.69, 9.17) is 10.5 Å². The van der Waals surface area contributed by atoms with Gasteiger partial charge in [0.15, 0.2) is 6.04 Å². The molecule has 0 fully saturated rings. The van der Waals surface area contributed by atoms with Gasteiger partial charge in [0.25, 0.3) is 5.91 Å². The molecule has 0 saturated carbocycles. The SMILES string of the molecule is COC(=O)C(CO)NC(=O)c1ccc(C)cc1C(N)C(=O)OC(C)(C)C. The number of benzene rings is 1. The van der Waals surface area contributed by atoms with Gasteiger partial charge in [-0.2, -0.15) is 0 Å². The summed E-state index contributed by atoms with van der Waals surface area (Å²) in [6, 6.07) is 2.37. The first-order chi connectivity index (χ1) is 12.0. The minimum absolute atomic E-state index is 0.108. The third kappa shape index (κ3) is 5.82. The van der Waals surface area contributed by atoms with Crippen molar-refractivity contribution in [3.8, 4) is 0 Å². The number of hydrogen-bond acceptors (Lipinski definition) is 7. The molecule has 144 valence electrons. The Hall–Kier alpha value is -2.45. The molecule has 0 radical (unpaired) electrons. The van der Waals surface area contributed by atoms with E-state index in [0.29, 0.717) is 0 Å². The summed E-state index contributed by atoms with van der Waals surface area (Å²) in [5.41, 5.74) is 6.44. The van der Waals surface area contributed by atoms with Crippen molar-refractivity contribution in [1.82, 2.24) is 5.32 Å². The number of nitrogens with one attached hydrogen (secondary N) is 1. The summed E-state index contributed by atoms with van der Waals surface area (Å²) >= 11 is 0. The summed E-state index contributed by atoms with van der Waals surface area (Å²) in [4.78, 5) is 36.4. The Bertz CT molecular complexity index is 681. The van der Waals surface area contributed by atoms with Crippen molar-refractivity contribution in [2.75, 3.05) is 13.7 Å². The van der Waals surface area contributed by atoms with Crippen molar-refractivity contribution in [3.63, 3.8) is 0 Å². The van der Waals surface area contributed by atoms with Crippen LogP contribution in [0.3, 0.4) is 0 Å². The maximum Gasteiger partial charge on any atom is 0.330 e. The van der Waals surface area contributed by atoms with Crippen LogP contribution in [-0.4, -0.2) is 48.3 Å². The molecule has 1 aromatic rings. The molecule has 2 unspecified atom stereocenters. The van der Waals surface area contributed by atoms with Crippen molar-refractivity contribution in [2.24, 2.45) is 5.73 Å². The van der Waals surface area contributed by atoms with Crippen LogP contribution < -0.4 is 11.1 Å². The standard InChI is InChI=1S/C18H26N2O6/c1-10-6-7-11(15(22)20-13(9-21)16(23)25-5)12(8-10)14(19)17(24)26-18(2,3)4/h6-8,13-14,21H,9,19H2,1-5H3,(H,20,22). The van der Waals surface area contributed by atoms with Gasteiger partial charge >= 0.3 is 11.9 Å². The van der Waals surface area contributed by atoms with Crippen molar-refractivity contribution in [2.45, 2.75) is 45.4 Å². The monoisotopic (exact) mass is 366 g/mol. The molecule has 0 spiro atoms. The van der Waals surface area contributed by atoms with Crippen LogP contribution in [-0.2, 0) is 19.1 Å². The van der Waals surface area contributed by atoms with Gasteiger partial charge in [-0.25, -0.2) is 9.59 Å². The van der Waals surface area contributed by atoms with E-state index in [-0.39, 0.29) is 11.1 Å². The molecule has 1 amide bonds. The predicted molar refractivity (Wildman–Crippen MR) is 94.3 cm³/mol. The first-order valence-electron chi connectivity index (χ1n) is 8.08. The number of carbonyl (C=O) groups is 3. The fourth-order valence-corrected chi connectivity index (χ4v) is 2.20. The van der Waals surface area contributed by atoms with Gasteiger partial charge in [0.05, 0.1) is 13.7 Å². The van der Waals surface area contributed by atoms with Crippen molar-refractivity contribution in [3.05, 3.63) is 34.9 Å². The lowest BCUT2D eigenvalue weighted by Gasteiger charge is -2.23. The van der Waals surface area contributed by atoms with E-state index in [9.17, 15) is 19.5 Å². The Morgan fingerprint density at radius 2 is 1.85 bits per heavy atom. The number of carbonyl (C=O) groups excluding carboxylic acids is 3. The number of nitrogens with two attached hydrogens (primary N) is 1. The molecule has 0 aliphatic carbocycles. The Morgan fingerprint density at radius 1 is 1.23 bits per heavy atom. The van der Waals surface area contributed by atoms with Crippen LogP contribution in [0.4, 0.5) is 0 Å². The molecule has 1 aromatic carbocycles. The molecule has 0 saturated heterocycles. The molecule has 8 heteroatoms. The number of amides is 1. The number of aryl methyl sites for hydroxylation is 1. The zero-order chi connectivity index (χ0) is 20.1. The number of ether oxygens (including phenoxy) is 2. The van der Waals surface area contributed by atoms with Crippen LogP contribution in [0.5, 0.6) is 0 Å². The highest BCUT2D eigenvalue weighted by Gasteiger charge is 2.28. The van der Waals surface area contributed by atoms with Crippen LogP contribution in [0.15, 0.2) is 18.2 Å². The summed E-state index contributed by atoms with van der Waals surface area (Å²) in [5.74, 6) is -2.13. The summed E-state index contributed by atoms with van der Waals surface area (Å²) in [6.45, 7) is 6.30. The second-order valence-electron chi connectivity index (χ2n) is 6.83. The number of aliphatic hydroxyl groups is 1. The van der Waals surface area contributed by atoms with Crippen molar-refractivity contribution < 1.29 is 29.0 Å². The average Bonchev–Trinajstić information content (AvgIpc) is 2.56. The van der Waals surface area contributed by atoms with Gasteiger partial charge in [-0.15, -0.1) is 0 Å². The van der Waals surface area contributed by atoms with E-state index in [1.807, 2.05) is 0 Å². The summed E-state index contributed by atoms with van der Waals surface area (Å²) in [6.07, 6.45) is 0. The molecule has 0 heterocycles. The summed E-state index contributed by atoms with van der Waals surface area (Å²) < 4.78 is 9.79. The van der Waals surface area contributed by atoms with Crippen LogP contribution >= 0.6 is 0 Å². The summed E-state index contributed by atoms with van der Waals surface area (Å²) in [5, 5.41) is 11.6. The Kier molecular flexibility index (Phi) is 7.29. The molecule has 1 rings (SSSR count). The van der Waals surface area contributed by atoms with Gasteiger partial charge in [0, 0.05) is 5.56 Å². The van der Waals surface area contributed by atoms with Crippen molar-refractivity contribution >= 4 is 17.8 Å². The largest absolute Gasteiger partial charge is 0.467 e. The number of esters is 2. The van der Waals surface area contributed by atoms with Crippen LogP contribution in [0, 0.1) is 6.92 Å². The molecule has 2 atom stereocenters. The number of rotatable bonds is 6. The zero-order valence-corrected chi connectivity index (χ0v) is 15.7. The average molecular weight is 366 g/mol. The highest BCUT2D eigenvalue weighted by atomic mass is 16.6. The molecule has 26 heavy (non-hydrogen) atoms. The molecule has 4 N–H and O–H groups in total. The van der Waals surface area contributed by atoms with Gasteiger partial charge < -0.3 is 25.6 Å². The first kappa shape index (κ1) is 21.6. The van der Waals surface area contributed by atoms with E-state index in [0.717, 1.165) is 12.7 Å². The lowest BCUT2D eigenvalue weighted by molar-refractivity contribution is -0.156. The van der Waals surface area contributed by atoms with Gasteiger partial charge in [-0.05, 0) is 39.3 Å². The third-order valence-electron chi connectivity index (χ3n) is 3.42. The normalized spacial score (nSPS) is 13.5. The molecule has 0 bridgehead atoms. The lowest BCUT2D eigenvalue weighted by Crippen LogP contribution is -2.44. The Balaban J connectivity index is 3.15. The molecule has 0 aliphatic heterocycles. The fourth-order valence-electron chi connectivity index (χ4n) is 2.20. The van der Waals surface area contributed by atoms with E-state index in [1.54, 1.807) is 39.8 Å². The van der Waals surface area contributed by atoms with Gasteiger partial charge in [-0.1, -0.05) is 17.7 Å². The molecular weight excluding hydrogens is 340 g/mol. The Labute approximate surface area is 152 Å². The minimum Gasteiger partial charge on any atom is -0.467 e. The van der Waals surface area contributed by atoms with Gasteiger partial charge in [0.1, 0.15) is 11.6 Å². The third-order valence-corrected chi connectivity index (χ3v) is 3.42. The van der Waals surface area contributed by atoms with Crippen LogP contribution in [0.2, 0.25) is 0 Å². The van der Waals surface area contributed by atoms with Gasteiger partial charge in [0.2, 0.25) is 0 Å². The van der Waals surface area contributed by atoms with Crippen LogP contribution in [0.1, 0.15) is 48.3 Å². The second kappa shape index (κ2) is 8.77. The van der Waals surface area contributed by atoms with Crippen LogP contribution in [0.25, 0.3) is 0 Å².